The normalized spacial score (nSPS) is 26.9. The van der Waals surface area contributed by atoms with Crippen molar-refractivity contribution in [2.24, 2.45) is 11.8 Å². The van der Waals surface area contributed by atoms with Gasteiger partial charge in [-0.15, -0.1) is 0 Å². The molecule has 1 aromatic heterocycles. The average Bonchev–Trinajstić information content (AvgIpc) is 2.85. The Morgan fingerprint density at radius 1 is 1.35 bits per heavy atom. The first-order valence-electron chi connectivity index (χ1n) is 7.01. The maximum atomic E-state index is 5.10. The molecule has 0 radical (unpaired) electrons. The van der Waals surface area contributed by atoms with Crippen LogP contribution in [0.1, 0.15) is 57.6 Å². The van der Waals surface area contributed by atoms with Crippen molar-refractivity contribution in [3.05, 3.63) is 24.2 Å². The minimum absolute atomic E-state index is 0.413. The van der Waals surface area contributed by atoms with Gasteiger partial charge in [-0.05, 0) is 37.8 Å². The summed E-state index contributed by atoms with van der Waals surface area (Å²) in [5, 5.41) is 3.58. The van der Waals surface area contributed by atoms with Crippen molar-refractivity contribution in [3.63, 3.8) is 0 Å². The van der Waals surface area contributed by atoms with Gasteiger partial charge in [0.25, 0.3) is 0 Å². The van der Waals surface area contributed by atoms with Crippen molar-refractivity contribution in [1.29, 1.82) is 0 Å². The largest absolute Gasteiger partial charge is 0.472 e. The number of hydrogen-bond donors (Lipinski definition) is 1. The Kier molecular flexibility index (Phi) is 4.66. The standard InChI is InChI=1S/C15H25NO/c1-12-3-5-14(6-4-12)7-9-16-13(2)15-8-10-17-11-15/h8,10-14,16H,3-7,9H2,1-2H3. The molecule has 1 aromatic rings. The van der Waals surface area contributed by atoms with Gasteiger partial charge in [-0.25, -0.2) is 0 Å². The Balaban J connectivity index is 1.63. The van der Waals surface area contributed by atoms with Gasteiger partial charge in [0.2, 0.25) is 0 Å². The van der Waals surface area contributed by atoms with Crippen molar-refractivity contribution >= 4 is 0 Å². The van der Waals surface area contributed by atoms with Gasteiger partial charge in [-0.2, -0.15) is 0 Å². The molecule has 1 heterocycles. The van der Waals surface area contributed by atoms with Crippen molar-refractivity contribution in [1.82, 2.24) is 5.32 Å². The predicted octanol–water partition coefficient (Wildman–Crippen LogP) is 4.15. The van der Waals surface area contributed by atoms with Crippen LogP contribution in [0.2, 0.25) is 0 Å². The van der Waals surface area contributed by atoms with Gasteiger partial charge < -0.3 is 9.73 Å². The minimum Gasteiger partial charge on any atom is -0.472 e. The van der Waals surface area contributed by atoms with Crippen LogP contribution in [0.15, 0.2) is 23.0 Å². The summed E-state index contributed by atoms with van der Waals surface area (Å²) in [4.78, 5) is 0. The van der Waals surface area contributed by atoms with E-state index in [1.54, 1.807) is 6.26 Å². The van der Waals surface area contributed by atoms with E-state index in [9.17, 15) is 0 Å². The van der Waals surface area contributed by atoms with Crippen molar-refractivity contribution < 1.29 is 4.42 Å². The molecule has 96 valence electrons. The molecule has 2 rings (SSSR count). The number of rotatable bonds is 5. The molecule has 0 aromatic carbocycles. The molecule has 0 saturated heterocycles. The molecule has 1 atom stereocenters. The summed E-state index contributed by atoms with van der Waals surface area (Å²) in [6.07, 6.45) is 10.6. The molecule has 1 N–H and O–H groups in total. The fourth-order valence-electron chi connectivity index (χ4n) is 2.76. The lowest BCUT2D eigenvalue weighted by Gasteiger charge is -2.26. The van der Waals surface area contributed by atoms with Crippen molar-refractivity contribution in [2.75, 3.05) is 6.54 Å². The van der Waals surface area contributed by atoms with E-state index in [4.69, 9.17) is 4.42 Å². The molecular formula is C15H25NO. The van der Waals surface area contributed by atoms with E-state index in [0.717, 1.165) is 18.4 Å². The summed E-state index contributed by atoms with van der Waals surface area (Å²) in [5.74, 6) is 1.92. The van der Waals surface area contributed by atoms with Gasteiger partial charge in [0, 0.05) is 11.6 Å². The summed E-state index contributed by atoms with van der Waals surface area (Å²) >= 11 is 0. The molecule has 1 saturated carbocycles. The second-order valence-corrected chi connectivity index (χ2v) is 5.65. The van der Waals surface area contributed by atoms with Crippen LogP contribution < -0.4 is 5.32 Å². The zero-order valence-corrected chi connectivity index (χ0v) is 11.1. The highest BCUT2D eigenvalue weighted by atomic mass is 16.3. The molecule has 17 heavy (non-hydrogen) atoms. The van der Waals surface area contributed by atoms with E-state index >= 15 is 0 Å². The summed E-state index contributed by atoms with van der Waals surface area (Å²) < 4.78 is 5.10. The van der Waals surface area contributed by atoms with Crippen LogP contribution in [0.3, 0.4) is 0 Å². The lowest BCUT2D eigenvalue weighted by molar-refractivity contribution is 0.273. The van der Waals surface area contributed by atoms with Gasteiger partial charge in [0.05, 0.1) is 12.5 Å². The zero-order valence-electron chi connectivity index (χ0n) is 11.1. The number of hydrogen-bond acceptors (Lipinski definition) is 2. The SMILES string of the molecule is CC1CCC(CCNC(C)c2ccoc2)CC1. The van der Waals surface area contributed by atoms with Gasteiger partial charge in [-0.3, -0.25) is 0 Å². The highest BCUT2D eigenvalue weighted by molar-refractivity contribution is 5.10. The molecule has 2 heteroatoms. The van der Waals surface area contributed by atoms with E-state index in [2.05, 4.69) is 19.2 Å². The van der Waals surface area contributed by atoms with E-state index in [0.29, 0.717) is 6.04 Å². The van der Waals surface area contributed by atoms with Crippen LogP contribution >= 0.6 is 0 Å². The quantitative estimate of drug-likeness (QED) is 0.829. The molecule has 1 unspecified atom stereocenters. The molecular weight excluding hydrogens is 210 g/mol. The molecule has 0 bridgehead atoms. The van der Waals surface area contributed by atoms with Gasteiger partial charge in [-0.1, -0.05) is 32.6 Å². The third-order valence-electron chi connectivity index (χ3n) is 4.18. The summed E-state index contributed by atoms with van der Waals surface area (Å²) in [6.45, 7) is 5.72. The summed E-state index contributed by atoms with van der Waals surface area (Å²) in [6, 6.07) is 2.45. The zero-order chi connectivity index (χ0) is 12.1. The monoisotopic (exact) mass is 235 g/mol. The highest BCUT2D eigenvalue weighted by Gasteiger charge is 2.17. The highest BCUT2D eigenvalue weighted by Crippen LogP contribution is 2.30. The Hall–Kier alpha value is -0.760. The molecule has 0 amide bonds. The molecule has 2 nitrogen and oxygen atoms in total. The van der Waals surface area contributed by atoms with Crippen molar-refractivity contribution in [2.45, 2.75) is 52.0 Å². The fourth-order valence-corrected chi connectivity index (χ4v) is 2.76. The average molecular weight is 235 g/mol. The molecule has 1 aliphatic carbocycles. The molecule has 1 aliphatic rings. The van der Waals surface area contributed by atoms with Gasteiger partial charge in [0.15, 0.2) is 0 Å². The van der Waals surface area contributed by atoms with E-state index in [-0.39, 0.29) is 0 Å². The predicted molar refractivity (Wildman–Crippen MR) is 70.9 cm³/mol. The van der Waals surface area contributed by atoms with E-state index < -0.39 is 0 Å². The van der Waals surface area contributed by atoms with Gasteiger partial charge in [0.1, 0.15) is 0 Å². The minimum atomic E-state index is 0.413. The molecule has 0 aliphatic heterocycles. The first-order chi connectivity index (χ1) is 8.25. The van der Waals surface area contributed by atoms with Crippen molar-refractivity contribution in [3.8, 4) is 0 Å². The number of furan rings is 1. The Bertz CT molecular complexity index is 299. The second-order valence-electron chi connectivity index (χ2n) is 5.65. The molecule has 1 fully saturated rings. The first-order valence-corrected chi connectivity index (χ1v) is 7.01. The maximum Gasteiger partial charge on any atom is 0.0950 e. The Labute approximate surface area is 105 Å². The van der Waals surface area contributed by atoms with Crippen LogP contribution in [0.4, 0.5) is 0 Å². The Morgan fingerprint density at radius 3 is 2.76 bits per heavy atom. The Morgan fingerprint density at radius 2 is 2.12 bits per heavy atom. The van der Waals surface area contributed by atoms with Crippen LogP contribution in [-0.4, -0.2) is 6.54 Å². The number of nitrogens with one attached hydrogen (secondary N) is 1. The lowest BCUT2D eigenvalue weighted by Crippen LogP contribution is -2.23. The topological polar surface area (TPSA) is 25.2 Å². The van der Waals surface area contributed by atoms with Crippen LogP contribution in [0.25, 0.3) is 0 Å². The third kappa shape index (κ3) is 3.88. The van der Waals surface area contributed by atoms with Crippen LogP contribution in [-0.2, 0) is 0 Å². The maximum absolute atomic E-state index is 5.10. The van der Waals surface area contributed by atoms with Crippen LogP contribution in [0.5, 0.6) is 0 Å². The smallest absolute Gasteiger partial charge is 0.0950 e. The molecule has 0 spiro atoms. The fraction of sp³-hybridized carbons (Fsp3) is 0.733. The third-order valence-corrected chi connectivity index (χ3v) is 4.18. The van der Waals surface area contributed by atoms with E-state index in [1.165, 1.54) is 37.7 Å². The first kappa shape index (κ1) is 12.7. The summed E-state index contributed by atoms with van der Waals surface area (Å²) in [7, 11) is 0. The van der Waals surface area contributed by atoms with Gasteiger partial charge >= 0.3 is 0 Å². The van der Waals surface area contributed by atoms with E-state index in [1.807, 2.05) is 12.3 Å². The second kappa shape index (κ2) is 6.25. The lowest BCUT2D eigenvalue weighted by atomic mass is 9.81. The summed E-state index contributed by atoms with van der Waals surface area (Å²) in [5.41, 5.74) is 1.25. The van der Waals surface area contributed by atoms with Crippen LogP contribution in [0, 0.1) is 11.8 Å².